The van der Waals surface area contributed by atoms with Gasteiger partial charge in [-0.1, -0.05) is 42.5 Å². The van der Waals surface area contributed by atoms with Crippen molar-refractivity contribution >= 4 is 18.1 Å². The van der Waals surface area contributed by atoms with Gasteiger partial charge in [0.1, 0.15) is 5.60 Å². The Morgan fingerprint density at radius 2 is 1.87 bits per heavy atom. The smallest absolute Gasteiger partial charge is 0.407 e. The molecule has 0 aromatic heterocycles. The van der Waals surface area contributed by atoms with E-state index in [1.165, 1.54) is 7.11 Å². The summed E-state index contributed by atoms with van der Waals surface area (Å²) in [5, 5.41) is 2.71. The van der Waals surface area contributed by atoms with Gasteiger partial charge in [0.05, 0.1) is 13.5 Å². The molecule has 1 aromatic rings. The standard InChI is InChI=1S/C18H25NO4/c1-18(2,3)23-17(21)19-15(13-16(20)22-4)12-8-11-14-9-6-5-7-10-14/h5-11,15H,12-13H2,1-4H3,(H,19,21). The van der Waals surface area contributed by atoms with Crippen LogP contribution in [0, 0.1) is 0 Å². The third-order valence-electron chi connectivity index (χ3n) is 2.89. The van der Waals surface area contributed by atoms with Crippen LogP contribution in [0.2, 0.25) is 0 Å². The number of carbonyl (C=O) groups is 2. The fourth-order valence-electron chi connectivity index (χ4n) is 1.88. The monoisotopic (exact) mass is 319 g/mol. The van der Waals surface area contributed by atoms with Crippen LogP contribution in [0.15, 0.2) is 36.4 Å². The highest BCUT2D eigenvalue weighted by Crippen LogP contribution is 2.10. The van der Waals surface area contributed by atoms with Crippen molar-refractivity contribution in [3.8, 4) is 0 Å². The van der Waals surface area contributed by atoms with Crippen LogP contribution in [0.4, 0.5) is 4.79 Å². The van der Waals surface area contributed by atoms with Crippen molar-refractivity contribution in [2.24, 2.45) is 0 Å². The van der Waals surface area contributed by atoms with E-state index < -0.39 is 11.7 Å². The predicted octanol–water partition coefficient (Wildman–Crippen LogP) is 3.55. The Bertz CT molecular complexity index is 532. The van der Waals surface area contributed by atoms with Gasteiger partial charge in [-0.3, -0.25) is 4.79 Å². The first-order valence-corrected chi connectivity index (χ1v) is 7.58. The minimum Gasteiger partial charge on any atom is -0.469 e. The second-order valence-corrected chi connectivity index (χ2v) is 6.17. The van der Waals surface area contributed by atoms with Crippen LogP contribution < -0.4 is 5.32 Å². The van der Waals surface area contributed by atoms with E-state index in [9.17, 15) is 9.59 Å². The summed E-state index contributed by atoms with van der Waals surface area (Å²) in [5.41, 5.74) is 0.473. The van der Waals surface area contributed by atoms with E-state index in [4.69, 9.17) is 4.74 Å². The van der Waals surface area contributed by atoms with E-state index in [2.05, 4.69) is 10.1 Å². The molecule has 0 heterocycles. The lowest BCUT2D eigenvalue weighted by atomic mass is 10.1. The first-order valence-electron chi connectivity index (χ1n) is 7.58. The molecule has 5 nitrogen and oxygen atoms in total. The number of benzene rings is 1. The molecule has 0 fully saturated rings. The molecule has 0 bridgehead atoms. The molecular formula is C18H25NO4. The molecule has 1 amide bonds. The maximum atomic E-state index is 11.9. The number of methoxy groups -OCH3 is 1. The lowest BCUT2D eigenvalue weighted by Gasteiger charge is -2.22. The van der Waals surface area contributed by atoms with Gasteiger partial charge in [0.25, 0.3) is 0 Å². The molecule has 1 N–H and O–H groups in total. The Morgan fingerprint density at radius 3 is 2.43 bits per heavy atom. The van der Waals surface area contributed by atoms with E-state index in [-0.39, 0.29) is 18.4 Å². The van der Waals surface area contributed by atoms with Gasteiger partial charge in [-0.25, -0.2) is 4.79 Å². The van der Waals surface area contributed by atoms with Crippen molar-refractivity contribution < 1.29 is 19.1 Å². The molecular weight excluding hydrogens is 294 g/mol. The van der Waals surface area contributed by atoms with Crippen LogP contribution in [0.3, 0.4) is 0 Å². The van der Waals surface area contributed by atoms with Gasteiger partial charge >= 0.3 is 12.1 Å². The van der Waals surface area contributed by atoms with Crippen molar-refractivity contribution in [2.75, 3.05) is 7.11 Å². The molecule has 1 unspecified atom stereocenters. The second kappa shape index (κ2) is 8.98. The highest BCUT2D eigenvalue weighted by Gasteiger charge is 2.20. The van der Waals surface area contributed by atoms with Crippen molar-refractivity contribution in [3.63, 3.8) is 0 Å². The number of nitrogens with one attached hydrogen (secondary N) is 1. The van der Waals surface area contributed by atoms with E-state index in [1.54, 1.807) is 20.8 Å². The minimum absolute atomic E-state index is 0.0921. The van der Waals surface area contributed by atoms with E-state index >= 15 is 0 Å². The zero-order chi connectivity index (χ0) is 17.3. The largest absolute Gasteiger partial charge is 0.469 e. The lowest BCUT2D eigenvalue weighted by molar-refractivity contribution is -0.141. The van der Waals surface area contributed by atoms with Gasteiger partial charge in [-0.2, -0.15) is 0 Å². The van der Waals surface area contributed by atoms with Crippen LogP contribution in [0.25, 0.3) is 6.08 Å². The summed E-state index contributed by atoms with van der Waals surface area (Å²) in [5.74, 6) is -0.376. The van der Waals surface area contributed by atoms with Crippen molar-refractivity contribution in [1.82, 2.24) is 5.32 Å². The number of esters is 1. The summed E-state index contributed by atoms with van der Waals surface area (Å²) in [4.78, 5) is 23.3. The quantitative estimate of drug-likeness (QED) is 0.814. The SMILES string of the molecule is COC(=O)CC(CC=Cc1ccccc1)NC(=O)OC(C)(C)C. The number of alkyl carbamates (subject to hydrolysis) is 1. The number of rotatable bonds is 6. The van der Waals surface area contributed by atoms with Gasteiger partial charge in [-0.15, -0.1) is 0 Å². The van der Waals surface area contributed by atoms with Crippen LogP contribution >= 0.6 is 0 Å². The number of carbonyl (C=O) groups excluding carboxylic acids is 2. The molecule has 1 atom stereocenters. The summed E-state index contributed by atoms with van der Waals surface area (Å²) >= 11 is 0. The zero-order valence-electron chi connectivity index (χ0n) is 14.2. The number of hydrogen-bond donors (Lipinski definition) is 1. The average Bonchev–Trinajstić information content (AvgIpc) is 2.46. The van der Waals surface area contributed by atoms with Crippen LogP contribution in [-0.4, -0.2) is 30.8 Å². The Labute approximate surface area is 137 Å². The summed E-state index contributed by atoms with van der Waals surface area (Å²) in [6.45, 7) is 5.37. The molecule has 0 spiro atoms. The molecule has 1 aromatic carbocycles. The molecule has 0 saturated carbocycles. The summed E-state index contributed by atoms with van der Waals surface area (Å²) in [6, 6.07) is 9.42. The number of amides is 1. The van der Waals surface area contributed by atoms with Gasteiger partial charge in [0.15, 0.2) is 0 Å². The van der Waals surface area contributed by atoms with Gasteiger partial charge in [-0.05, 0) is 32.8 Å². The van der Waals surface area contributed by atoms with Gasteiger partial charge in [0.2, 0.25) is 0 Å². The number of hydrogen-bond acceptors (Lipinski definition) is 4. The van der Waals surface area contributed by atoms with E-state index in [0.717, 1.165) is 5.56 Å². The Morgan fingerprint density at radius 1 is 1.22 bits per heavy atom. The third kappa shape index (κ3) is 8.66. The normalized spacial score (nSPS) is 12.7. The second-order valence-electron chi connectivity index (χ2n) is 6.17. The maximum Gasteiger partial charge on any atom is 0.407 e. The molecule has 126 valence electrons. The van der Waals surface area contributed by atoms with Crippen LogP contribution in [0.5, 0.6) is 0 Å². The first-order chi connectivity index (χ1) is 10.8. The Hall–Kier alpha value is -2.30. The predicted molar refractivity (Wildman–Crippen MR) is 89.9 cm³/mol. The topological polar surface area (TPSA) is 64.6 Å². The minimum atomic E-state index is -0.584. The summed E-state index contributed by atoms with van der Waals surface area (Å²) in [7, 11) is 1.33. The van der Waals surface area contributed by atoms with E-state index in [0.29, 0.717) is 6.42 Å². The Kier molecular flexibility index (Phi) is 7.32. The Balaban J connectivity index is 2.63. The lowest BCUT2D eigenvalue weighted by Crippen LogP contribution is -2.40. The summed E-state index contributed by atoms with van der Waals surface area (Å²) < 4.78 is 9.89. The maximum absolute atomic E-state index is 11.9. The van der Waals surface area contributed by atoms with Gasteiger partial charge < -0.3 is 14.8 Å². The van der Waals surface area contributed by atoms with Crippen LogP contribution in [-0.2, 0) is 14.3 Å². The molecule has 23 heavy (non-hydrogen) atoms. The fraction of sp³-hybridized carbons (Fsp3) is 0.444. The first kappa shape index (κ1) is 18.7. The fourth-order valence-corrected chi connectivity index (χ4v) is 1.88. The molecule has 5 heteroatoms. The van der Waals surface area contributed by atoms with Crippen LogP contribution in [0.1, 0.15) is 39.2 Å². The highest BCUT2D eigenvalue weighted by atomic mass is 16.6. The van der Waals surface area contributed by atoms with E-state index in [1.807, 2.05) is 42.5 Å². The van der Waals surface area contributed by atoms with Crippen molar-refractivity contribution in [3.05, 3.63) is 42.0 Å². The molecule has 0 aliphatic heterocycles. The molecule has 0 aliphatic rings. The molecule has 0 radical (unpaired) electrons. The molecule has 1 rings (SSSR count). The van der Waals surface area contributed by atoms with Gasteiger partial charge in [0, 0.05) is 6.04 Å². The molecule has 0 saturated heterocycles. The van der Waals surface area contributed by atoms with Crippen molar-refractivity contribution in [2.45, 2.75) is 45.3 Å². The molecule has 0 aliphatic carbocycles. The highest BCUT2D eigenvalue weighted by molar-refractivity contribution is 5.73. The number of ether oxygens (including phenoxy) is 2. The zero-order valence-corrected chi connectivity index (χ0v) is 14.2. The summed E-state index contributed by atoms with van der Waals surface area (Å²) in [6.07, 6.45) is 3.92. The average molecular weight is 319 g/mol. The van der Waals surface area contributed by atoms with Crippen molar-refractivity contribution in [1.29, 1.82) is 0 Å². The third-order valence-corrected chi connectivity index (χ3v) is 2.89.